The number of amides is 1. The first-order valence-corrected chi connectivity index (χ1v) is 8.18. The van der Waals surface area contributed by atoms with Crippen LogP contribution in [0.1, 0.15) is 18.2 Å². The zero-order valence-corrected chi connectivity index (χ0v) is 14.1. The van der Waals surface area contributed by atoms with Crippen LogP contribution >= 0.6 is 0 Å². The standard InChI is InChI=1S/C19H16FN3O3/c1-25-16-4-2-3-12(9-16)18-21-19(26-22-18)13-10-17(24)23(11-13)15-7-5-14(20)6-8-15/h2-9,13H,10-11H2,1H3. The molecular formula is C19H16FN3O3. The highest BCUT2D eigenvalue weighted by molar-refractivity contribution is 5.96. The largest absolute Gasteiger partial charge is 0.497 e. The molecule has 1 unspecified atom stereocenters. The summed E-state index contributed by atoms with van der Waals surface area (Å²) in [4.78, 5) is 18.4. The molecule has 1 aliphatic rings. The zero-order chi connectivity index (χ0) is 18.1. The monoisotopic (exact) mass is 353 g/mol. The average Bonchev–Trinajstić information content (AvgIpc) is 3.29. The van der Waals surface area contributed by atoms with Crippen LogP contribution in [0, 0.1) is 5.82 Å². The summed E-state index contributed by atoms with van der Waals surface area (Å²) in [5.74, 6) is 0.985. The van der Waals surface area contributed by atoms with E-state index in [0.29, 0.717) is 29.7 Å². The maximum atomic E-state index is 13.1. The topological polar surface area (TPSA) is 68.5 Å². The molecule has 2 heterocycles. The van der Waals surface area contributed by atoms with E-state index in [9.17, 15) is 9.18 Å². The molecule has 6 nitrogen and oxygen atoms in total. The molecule has 3 aromatic rings. The lowest BCUT2D eigenvalue weighted by Gasteiger charge is -2.15. The van der Waals surface area contributed by atoms with Gasteiger partial charge in [-0.1, -0.05) is 17.3 Å². The van der Waals surface area contributed by atoms with Crippen molar-refractivity contribution in [2.75, 3.05) is 18.6 Å². The molecule has 1 amide bonds. The number of carbonyl (C=O) groups is 1. The summed E-state index contributed by atoms with van der Waals surface area (Å²) in [6.07, 6.45) is 0.275. The Kier molecular flexibility index (Phi) is 4.12. The number of ether oxygens (including phenoxy) is 1. The van der Waals surface area contributed by atoms with Gasteiger partial charge in [0.05, 0.1) is 13.0 Å². The molecule has 1 saturated heterocycles. The molecule has 1 aliphatic heterocycles. The molecule has 0 spiro atoms. The fraction of sp³-hybridized carbons (Fsp3) is 0.211. The van der Waals surface area contributed by atoms with Crippen molar-refractivity contribution in [2.24, 2.45) is 0 Å². The van der Waals surface area contributed by atoms with E-state index in [0.717, 1.165) is 5.56 Å². The van der Waals surface area contributed by atoms with Crippen molar-refractivity contribution < 1.29 is 18.4 Å². The van der Waals surface area contributed by atoms with Gasteiger partial charge >= 0.3 is 0 Å². The van der Waals surface area contributed by atoms with Crippen LogP contribution in [0.2, 0.25) is 0 Å². The minimum Gasteiger partial charge on any atom is -0.497 e. The zero-order valence-electron chi connectivity index (χ0n) is 14.1. The molecule has 0 radical (unpaired) electrons. The van der Waals surface area contributed by atoms with E-state index in [-0.39, 0.29) is 24.1 Å². The summed E-state index contributed by atoms with van der Waals surface area (Å²) in [5, 5.41) is 4.02. The van der Waals surface area contributed by atoms with Gasteiger partial charge in [-0.3, -0.25) is 4.79 Å². The number of carbonyl (C=O) groups excluding carboxylic acids is 1. The molecule has 7 heteroatoms. The summed E-state index contributed by atoms with van der Waals surface area (Å²) < 4.78 is 23.7. The Morgan fingerprint density at radius 3 is 2.81 bits per heavy atom. The van der Waals surface area contributed by atoms with Gasteiger partial charge in [-0.25, -0.2) is 4.39 Å². The Hall–Kier alpha value is -3.22. The van der Waals surface area contributed by atoms with Crippen LogP contribution in [0.5, 0.6) is 5.75 Å². The summed E-state index contributed by atoms with van der Waals surface area (Å²) in [5.41, 5.74) is 1.44. The van der Waals surface area contributed by atoms with Gasteiger partial charge in [0.25, 0.3) is 0 Å². The van der Waals surface area contributed by atoms with Gasteiger partial charge in [-0.05, 0) is 36.4 Å². The second kappa shape index (κ2) is 6.59. The van der Waals surface area contributed by atoms with Gasteiger partial charge in [0.1, 0.15) is 11.6 Å². The van der Waals surface area contributed by atoms with Gasteiger partial charge in [-0.2, -0.15) is 4.98 Å². The first kappa shape index (κ1) is 16.3. The molecule has 0 saturated carbocycles. The summed E-state index contributed by atoms with van der Waals surface area (Å²) >= 11 is 0. The molecule has 0 bridgehead atoms. The number of nitrogens with zero attached hydrogens (tertiary/aromatic N) is 3. The quantitative estimate of drug-likeness (QED) is 0.719. The number of methoxy groups -OCH3 is 1. The van der Waals surface area contributed by atoms with Gasteiger partial charge < -0.3 is 14.2 Å². The SMILES string of the molecule is COc1cccc(-c2noc(C3CC(=O)N(c4ccc(F)cc4)C3)n2)c1. The first-order valence-electron chi connectivity index (χ1n) is 8.18. The Bertz CT molecular complexity index is 939. The number of rotatable bonds is 4. The molecule has 0 aliphatic carbocycles. The average molecular weight is 353 g/mol. The molecule has 1 aromatic heterocycles. The smallest absolute Gasteiger partial charge is 0.232 e. The van der Waals surface area contributed by atoms with Crippen LogP contribution in [0.25, 0.3) is 11.4 Å². The van der Waals surface area contributed by atoms with E-state index in [1.165, 1.54) is 12.1 Å². The maximum absolute atomic E-state index is 13.1. The third kappa shape index (κ3) is 3.03. The minimum absolute atomic E-state index is 0.0530. The predicted octanol–water partition coefficient (Wildman–Crippen LogP) is 3.40. The van der Waals surface area contributed by atoms with E-state index >= 15 is 0 Å². The van der Waals surface area contributed by atoms with Crippen molar-refractivity contribution in [3.05, 3.63) is 60.2 Å². The second-order valence-electron chi connectivity index (χ2n) is 6.07. The molecule has 4 rings (SSSR count). The van der Waals surface area contributed by atoms with E-state index in [4.69, 9.17) is 9.26 Å². The Labute approximate surface area is 149 Å². The van der Waals surface area contributed by atoms with Crippen molar-refractivity contribution in [1.29, 1.82) is 0 Å². The highest BCUT2D eigenvalue weighted by atomic mass is 19.1. The third-order valence-electron chi connectivity index (χ3n) is 4.38. The lowest BCUT2D eigenvalue weighted by molar-refractivity contribution is -0.117. The van der Waals surface area contributed by atoms with E-state index in [2.05, 4.69) is 10.1 Å². The second-order valence-corrected chi connectivity index (χ2v) is 6.07. The molecular weight excluding hydrogens is 337 g/mol. The molecule has 0 N–H and O–H groups in total. The molecule has 1 fully saturated rings. The van der Waals surface area contributed by atoms with Crippen molar-refractivity contribution in [1.82, 2.24) is 10.1 Å². The third-order valence-corrected chi connectivity index (χ3v) is 4.38. The molecule has 132 valence electrons. The lowest BCUT2D eigenvalue weighted by Crippen LogP contribution is -2.24. The van der Waals surface area contributed by atoms with Gasteiger partial charge in [0, 0.05) is 24.2 Å². The highest BCUT2D eigenvalue weighted by Gasteiger charge is 2.35. The van der Waals surface area contributed by atoms with Crippen LogP contribution in [0.4, 0.5) is 10.1 Å². The lowest BCUT2D eigenvalue weighted by atomic mass is 10.1. The van der Waals surface area contributed by atoms with Crippen molar-refractivity contribution in [3.63, 3.8) is 0 Å². The highest BCUT2D eigenvalue weighted by Crippen LogP contribution is 2.32. The van der Waals surface area contributed by atoms with E-state index in [1.54, 1.807) is 24.1 Å². The van der Waals surface area contributed by atoms with Crippen LogP contribution < -0.4 is 9.64 Å². The van der Waals surface area contributed by atoms with Gasteiger partial charge in [0.15, 0.2) is 0 Å². The number of benzene rings is 2. The molecule has 26 heavy (non-hydrogen) atoms. The molecule has 1 atom stereocenters. The van der Waals surface area contributed by atoms with E-state index < -0.39 is 0 Å². The normalized spacial score (nSPS) is 16.9. The number of aromatic nitrogens is 2. The van der Waals surface area contributed by atoms with Crippen LogP contribution in [0.15, 0.2) is 53.1 Å². The summed E-state index contributed by atoms with van der Waals surface area (Å²) in [6.45, 7) is 0.421. The van der Waals surface area contributed by atoms with Crippen molar-refractivity contribution in [3.8, 4) is 17.1 Å². The molecule has 2 aromatic carbocycles. The summed E-state index contributed by atoms with van der Waals surface area (Å²) in [6, 6.07) is 13.2. The Morgan fingerprint density at radius 1 is 1.23 bits per heavy atom. The van der Waals surface area contributed by atoms with Gasteiger partial charge in [-0.15, -0.1) is 0 Å². The van der Waals surface area contributed by atoms with Crippen molar-refractivity contribution in [2.45, 2.75) is 12.3 Å². The van der Waals surface area contributed by atoms with Crippen LogP contribution in [-0.4, -0.2) is 29.7 Å². The number of hydrogen-bond acceptors (Lipinski definition) is 5. The number of hydrogen-bond donors (Lipinski definition) is 0. The fourth-order valence-corrected chi connectivity index (χ4v) is 3.02. The Balaban J connectivity index is 1.54. The maximum Gasteiger partial charge on any atom is 0.232 e. The summed E-state index contributed by atoms with van der Waals surface area (Å²) in [7, 11) is 1.59. The number of anilines is 1. The number of halogens is 1. The first-order chi connectivity index (χ1) is 12.6. The minimum atomic E-state index is -0.336. The van der Waals surface area contributed by atoms with E-state index in [1.807, 2.05) is 24.3 Å². The Morgan fingerprint density at radius 2 is 2.04 bits per heavy atom. The van der Waals surface area contributed by atoms with Crippen LogP contribution in [0.3, 0.4) is 0 Å². The fourth-order valence-electron chi connectivity index (χ4n) is 3.02. The van der Waals surface area contributed by atoms with Gasteiger partial charge in [0.2, 0.25) is 17.6 Å². The predicted molar refractivity (Wildman–Crippen MR) is 92.4 cm³/mol. The van der Waals surface area contributed by atoms with Crippen LogP contribution in [-0.2, 0) is 4.79 Å². The van der Waals surface area contributed by atoms with Crippen molar-refractivity contribution >= 4 is 11.6 Å².